The first-order valence-electron chi connectivity index (χ1n) is 5.72. The van der Waals surface area contributed by atoms with Gasteiger partial charge in [0.25, 0.3) is 0 Å². The Labute approximate surface area is 119 Å². The van der Waals surface area contributed by atoms with Crippen LogP contribution in [0.2, 0.25) is 0 Å². The predicted molar refractivity (Wildman–Crippen MR) is 72.1 cm³/mol. The lowest BCUT2D eigenvalue weighted by molar-refractivity contribution is -0.158. The third-order valence-corrected chi connectivity index (χ3v) is 3.76. The van der Waals surface area contributed by atoms with Gasteiger partial charge in [-0.25, -0.2) is 9.18 Å². The molecule has 0 saturated heterocycles. The number of halogens is 2. The van der Waals surface area contributed by atoms with Crippen molar-refractivity contribution in [3.63, 3.8) is 0 Å². The summed E-state index contributed by atoms with van der Waals surface area (Å²) in [6.07, 6.45) is 0. The van der Waals surface area contributed by atoms with Crippen molar-refractivity contribution in [1.82, 2.24) is 4.90 Å². The van der Waals surface area contributed by atoms with E-state index in [4.69, 9.17) is 0 Å². The minimum atomic E-state index is -1.55. The summed E-state index contributed by atoms with van der Waals surface area (Å²) in [4.78, 5) is 24.5. The Morgan fingerprint density at radius 1 is 1.47 bits per heavy atom. The third kappa shape index (κ3) is 2.78. The first-order valence-corrected chi connectivity index (χ1v) is 6.51. The van der Waals surface area contributed by atoms with E-state index in [9.17, 15) is 19.1 Å². The monoisotopic (exact) mass is 331 g/mol. The number of rotatable bonds is 4. The summed E-state index contributed by atoms with van der Waals surface area (Å²) in [7, 11) is 0. The van der Waals surface area contributed by atoms with E-state index >= 15 is 0 Å². The Kier molecular flexibility index (Phi) is 4.68. The molecule has 0 saturated carbocycles. The maximum atomic E-state index is 13.1. The molecule has 0 bridgehead atoms. The second-order valence-electron chi connectivity index (χ2n) is 4.26. The van der Waals surface area contributed by atoms with Crippen LogP contribution in [0.3, 0.4) is 0 Å². The first kappa shape index (κ1) is 15.6. The Hall–Kier alpha value is -1.43. The topological polar surface area (TPSA) is 57.6 Å². The van der Waals surface area contributed by atoms with Crippen molar-refractivity contribution in [1.29, 1.82) is 0 Å². The van der Waals surface area contributed by atoms with Gasteiger partial charge in [-0.15, -0.1) is 0 Å². The molecule has 0 aromatic heterocycles. The average molecular weight is 332 g/mol. The molecule has 0 radical (unpaired) electrons. The van der Waals surface area contributed by atoms with Crippen molar-refractivity contribution in [2.45, 2.75) is 26.3 Å². The summed E-state index contributed by atoms with van der Waals surface area (Å²) in [6.45, 7) is 4.67. The SMILES string of the molecule is CCN(C(C)=O)C(C)(C(=O)O)c1ccc(F)cc1Br. The van der Waals surface area contributed by atoms with Gasteiger partial charge in [-0.05, 0) is 26.0 Å². The number of nitrogens with zero attached hydrogens (tertiary/aromatic N) is 1. The van der Waals surface area contributed by atoms with Crippen molar-refractivity contribution in [3.05, 3.63) is 34.1 Å². The summed E-state index contributed by atoms with van der Waals surface area (Å²) in [5, 5.41) is 9.52. The van der Waals surface area contributed by atoms with Crippen LogP contribution >= 0.6 is 15.9 Å². The summed E-state index contributed by atoms with van der Waals surface area (Å²) in [5.41, 5.74) is -1.22. The molecule has 1 atom stereocenters. The smallest absolute Gasteiger partial charge is 0.334 e. The van der Waals surface area contributed by atoms with Crippen LogP contribution in [0.1, 0.15) is 26.3 Å². The first-order chi connectivity index (χ1) is 8.75. The van der Waals surface area contributed by atoms with Gasteiger partial charge in [-0.3, -0.25) is 4.79 Å². The van der Waals surface area contributed by atoms with Crippen molar-refractivity contribution < 1.29 is 19.1 Å². The molecule has 0 aliphatic carbocycles. The molecule has 1 rings (SSSR count). The molecule has 1 unspecified atom stereocenters. The maximum Gasteiger partial charge on any atom is 0.334 e. The number of likely N-dealkylation sites (N-methyl/N-ethyl adjacent to an activating group) is 1. The van der Waals surface area contributed by atoms with Gasteiger partial charge in [0.05, 0.1) is 0 Å². The van der Waals surface area contributed by atoms with E-state index in [0.29, 0.717) is 10.0 Å². The number of carboxylic acids is 1. The highest BCUT2D eigenvalue weighted by atomic mass is 79.9. The van der Waals surface area contributed by atoms with Crippen LogP contribution in [-0.4, -0.2) is 28.4 Å². The molecule has 0 spiro atoms. The zero-order valence-corrected chi connectivity index (χ0v) is 12.5. The van der Waals surface area contributed by atoms with Crippen LogP contribution < -0.4 is 0 Å². The van der Waals surface area contributed by atoms with E-state index < -0.39 is 17.3 Å². The molecule has 0 fully saturated rings. The standard InChI is InChI=1S/C13H15BrFNO3/c1-4-16(8(2)17)13(3,12(18)19)10-6-5-9(15)7-11(10)14/h5-7H,4H2,1-3H3,(H,18,19). The zero-order chi connectivity index (χ0) is 14.8. The van der Waals surface area contributed by atoms with Crippen LogP contribution in [0.5, 0.6) is 0 Å². The van der Waals surface area contributed by atoms with E-state index in [2.05, 4.69) is 15.9 Å². The molecule has 4 nitrogen and oxygen atoms in total. The molecule has 1 aromatic rings. The lowest BCUT2D eigenvalue weighted by Gasteiger charge is -2.37. The van der Waals surface area contributed by atoms with Crippen molar-refractivity contribution in [3.8, 4) is 0 Å². The molecule has 1 N–H and O–H groups in total. The van der Waals surface area contributed by atoms with Gasteiger partial charge in [0.2, 0.25) is 5.91 Å². The number of hydrogen-bond donors (Lipinski definition) is 1. The largest absolute Gasteiger partial charge is 0.479 e. The van der Waals surface area contributed by atoms with Gasteiger partial charge in [-0.1, -0.05) is 22.0 Å². The summed E-state index contributed by atoms with van der Waals surface area (Å²) >= 11 is 3.16. The van der Waals surface area contributed by atoms with Gasteiger partial charge in [0.1, 0.15) is 5.82 Å². The molecule has 6 heteroatoms. The Morgan fingerprint density at radius 3 is 2.42 bits per heavy atom. The highest BCUT2D eigenvalue weighted by Crippen LogP contribution is 2.34. The highest BCUT2D eigenvalue weighted by Gasteiger charge is 2.43. The molecule has 19 heavy (non-hydrogen) atoms. The molecule has 104 valence electrons. The van der Waals surface area contributed by atoms with Gasteiger partial charge in [0, 0.05) is 23.5 Å². The second-order valence-corrected chi connectivity index (χ2v) is 5.12. The van der Waals surface area contributed by atoms with E-state index in [1.807, 2.05) is 0 Å². The summed E-state index contributed by atoms with van der Waals surface area (Å²) < 4.78 is 13.4. The normalized spacial score (nSPS) is 13.7. The third-order valence-electron chi connectivity index (χ3n) is 3.11. The Morgan fingerprint density at radius 2 is 2.05 bits per heavy atom. The lowest BCUT2D eigenvalue weighted by Crippen LogP contribution is -2.52. The number of carbonyl (C=O) groups is 2. The van der Waals surface area contributed by atoms with E-state index in [1.54, 1.807) is 6.92 Å². The van der Waals surface area contributed by atoms with Crippen LogP contribution in [0.4, 0.5) is 4.39 Å². The fraction of sp³-hybridized carbons (Fsp3) is 0.385. The molecule has 1 aromatic carbocycles. The quantitative estimate of drug-likeness (QED) is 0.922. The van der Waals surface area contributed by atoms with E-state index in [-0.39, 0.29) is 12.5 Å². The molecular formula is C13H15BrFNO3. The highest BCUT2D eigenvalue weighted by molar-refractivity contribution is 9.10. The average Bonchev–Trinajstić information content (AvgIpc) is 2.28. The lowest BCUT2D eigenvalue weighted by atomic mass is 9.89. The van der Waals surface area contributed by atoms with Crippen molar-refractivity contribution in [2.24, 2.45) is 0 Å². The second kappa shape index (κ2) is 5.69. The minimum absolute atomic E-state index is 0.238. The van der Waals surface area contributed by atoms with Gasteiger partial charge >= 0.3 is 5.97 Å². The predicted octanol–water partition coefficient (Wildman–Crippen LogP) is 2.76. The van der Waals surface area contributed by atoms with E-state index in [0.717, 1.165) is 0 Å². The molecule has 1 amide bonds. The van der Waals surface area contributed by atoms with Gasteiger partial charge in [0.15, 0.2) is 5.54 Å². The Balaban J connectivity index is 3.49. The summed E-state index contributed by atoms with van der Waals surface area (Å²) in [6, 6.07) is 3.74. The van der Waals surface area contributed by atoms with Crippen LogP contribution in [0.25, 0.3) is 0 Å². The number of amides is 1. The fourth-order valence-electron chi connectivity index (χ4n) is 2.11. The maximum absolute atomic E-state index is 13.1. The van der Waals surface area contributed by atoms with Gasteiger partial charge in [-0.2, -0.15) is 0 Å². The summed E-state index contributed by atoms with van der Waals surface area (Å²) in [5.74, 6) is -2.00. The number of benzene rings is 1. The van der Waals surface area contributed by atoms with Gasteiger partial charge < -0.3 is 10.0 Å². The molecule has 0 heterocycles. The Bertz CT molecular complexity index is 521. The van der Waals surface area contributed by atoms with Crippen molar-refractivity contribution >= 4 is 27.8 Å². The van der Waals surface area contributed by atoms with Crippen LogP contribution in [0, 0.1) is 5.82 Å². The fourth-order valence-corrected chi connectivity index (χ4v) is 2.85. The minimum Gasteiger partial charge on any atom is -0.479 e. The van der Waals surface area contributed by atoms with Crippen molar-refractivity contribution in [2.75, 3.05) is 6.54 Å². The number of aliphatic carboxylic acids is 1. The number of carbonyl (C=O) groups excluding carboxylic acids is 1. The molecule has 0 aliphatic heterocycles. The van der Waals surface area contributed by atoms with Crippen LogP contribution in [-0.2, 0) is 15.1 Å². The number of hydrogen-bond acceptors (Lipinski definition) is 2. The van der Waals surface area contributed by atoms with E-state index in [1.165, 1.54) is 36.9 Å². The number of carboxylic acid groups (broad SMARTS) is 1. The van der Waals surface area contributed by atoms with Crippen LogP contribution in [0.15, 0.2) is 22.7 Å². The zero-order valence-electron chi connectivity index (χ0n) is 10.9. The molecular weight excluding hydrogens is 317 g/mol. The molecule has 0 aliphatic rings.